The first-order chi connectivity index (χ1) is 20.0. The summed E-state index contributed by atoms with van der Waals surface area (Å²) >= 11 is 0. The Morgan fingerprint density at radius 1 is 0.952 bits per heavy atom. The molecule has 0 unspecified atom stereocenters. The van der Waals surface area contributed by atoms with Crippen LogP contribution in [0.5, 0.6) is 5.75 Å². The Labute approximate surface area is 240 Å². The van der Waals surface area contributed by atoms with E-state index < -0.39 is 0 Å². The zero-order valence-corrected chi connectivity index (χ0v) is 23.1. The van der Waals surface area contributed by atoms with E-state index in [1.165, 1.54) is 46.1 Å². The van der Waals surface area contributed by atoms with Crippen LogP contribution in [0.4, 0.5) is 8.78 Å². The highest BCUT2D eigenvalue weighted by molar-refractivity contribution is 5.96. The van der Waals surface area contributed by atoms with Crippen LogP contribution in [0.2, 0.25) is 0 Å². The first kappa shape index (κ1) is 31.2. The molecule has 2 aromatic carbocycles. The van der Waals surface area contributed by atoms with Crippen molar-refractivity contribution in [1.29, 1.82) is 0 Å². The number of halogens is 2. The van der Waals surface area contributed by atoms with E-state index in [9.17, 15) is 28.6 Å². The van der Waals surface area contributed by atoms with Crippen LogP contribution in [0.25, 0.3) is 12.3 Å². The standard InChI is InChI=1S/C16H14FN3O2.C15H15FN2O2/c1-3-18-16-15(22)14(19-10-20(16)2)13(21)9-6-11-4-7-12(17)8-5-11;1-10-15(20)14(17-9-18(10)2)13(19)8-5-11-3-6-12(16)7-4-11/h1,4-5,7-8,10,22H,6,9H2,2H3;3-4,6-7,9,19H,1,5,8H2,2H3. The molecular weight excluding hydrogens is 544 g/mol. The molecule has 0 aliphatic heterocycles. The molecule has 42 heavy (non-hydrogen) atoms. The largest absolute Gasteiger partial charge is 0.510 e. The number of carbonyl (C=O) groups excluding carboxylic acids is 1. The number of aliphatic hydroxyl groups is 1. The summed E-state index contributed by atoms with van der Waals surface area (Å²) in [7, 11) is 3.27. The van der Waals surface area contributed by atoms with E-state index in [0.29, 0.717) is 12.8 Å². The summed E-state index contributed by atoms with van der Waals surface area (Å²) in [4.78, 5) is 35.6. The number of carbonyl (C=O) groups is 1. The lowest BCUT2D eigenvalue weighted by atomic mass is 10.1. The maximum absolute atomic E-state index is 12.8. The number of hydrogen-bond acceptors (Lipinski definition) is 7. The molecule has 216 valence electrons. The van der Waals surface area contributed by atoms with Crippen molar-refractivity contribution in [3.8, 4) is 18.2 Å². The SMILES string of the molecule is C#CN=c1c(O)c(C(=O)CCc2ccc(F)cc2)ncn1C.C=c1c(=O)c(=C(O)CCc2ccc(F)cc2)ncn1C. The van der Waals surface area contributed by atoms with E-state index in [-0.39, 0.29) is 69.1 Å². The summed E-state index contributed by atoms with van der Waals surface area (Å²) in [5.41, 5.74) is 1.34. The quantitative estimate of drug-likeness (QED) is 0.258. The van der Waals surface area contributed by atoms with E-state index in [4.69, 9.17) is 6.42 Å². The monoisotopic (exact) mass is 573 g/mol. The minimum absolute atomic E-state index is 0.0233. The van der Waals surface area contributed by atoms with Crippen molar-refractivity contribution in [1.82, 2.24) is 19.1 Å². The number of Topliss-reactive ketones (excluding diaryl/α,β-unsaturated/α-hetero) is 1. The summed E-state index contributed by atoms with van der Waals surface area (Å²) in [6.07, 6.45) is 9.21. The number of aryl methyl sites for hydroxylation is 4. The number of ketones is 1. The molecule has 0 amide bonds. The Hall–Kier alpha value is -5.37. The van der Waals surface area contributed by atoms with Gasteiger partial charge in [-0.25, -0.2) is 18.7 Å². The first-order valence-electron chi connectivity index (χ1n) is 12.7. The third kappa shape index (κ3) is 8.08. The van der Waals surface area contributed by atoms with E-state index >= 15 is 0 Å². The van der Waals surface area contributed by atoms with Crippen LogP contribution >= 0.6 is 0 Å². The highest BCUT2D eigenvalue weighted by atomic mass is 19.1. The lowest BCUT2D eigenvalue weighted by Crippen LogP contribution is -2.45. The third-order valence-corrected chi connectivity index (χ3v) is 6.22. The molecule has 4 rings (SSSR count). The van der Waals surface area contributed by atoms with Crippen LogP contribution in [0.15, 0.2) is 71.0 Å². The van der Waals surface area contributed by atoms with E-state index in [1.54, 1.807) is 38.4 Å². The molecule has 2 heterocycles. The predicted molar refractivity (Wildman–Crippen MR) is 153 cm³/mol. The van der Waals surface area contributed by atoms with Crippen LogP contribution in [0.1, 0.15) is 34.5 Å². The van der Waals surface area contributed by atoms with Gasteiger partial charge >= 0.3 is 0 Å². The average molecular weight is 574 g/mol. The molecule has 0 aliphatic carbocycles. The van der Waals surface area contributed by atoms with Crippen LogP contribution in [0, 0.1) is 24.1 Å². The number of aromatic nitrogens is 4. The second-order valence-corrected chi connectivity index (χ2v) is 9.22. The molecule has 0 radical (unpaired) electrons. The summed E-state index contributed by atoms with van der Waals surface area (Å²) < 4.78 is 28.5. The van der Waals surface area contributed by atoms with Gasteiger partial charge in [0.15, 0.2) is 28.1 Å². The fourth-order valence-electron chi connectivity index (χ4n) is 3.76. The van der Waals surface area contributed by atoms with Gasteiger partial charge in [0.05, 0.1) is 18.0 Å². The van der Waals surface area contributed by atoms with Crippen molar-refractivity contribution in [2.75, 3.05) is 0 Å². The highest BCUT2D eigenvalue weighted by Gasteiger charge is 2.15. The van der Waals surface area contributed by atoms with Crippen LogP contribution in [-0.4, -0.2) is 35.1 Å². The van der Waals surface area contributed by atoms with Crippen molar-refractivity contribution < 1.29 is 23.8 Å². The zero-order chi connectivity index (χ0) is 30.8. The number of nitrogens with zero attached hydrogens (tertiary/aromatic N) is 5. The molecule has 0 fully saturated rings. The van der Waals surface area contributed by atoms with E-state index in [2.05, 4.69) is 27.6 Å². The third-order valence-electron chi connectivity index (χ3n) is 6.22. The van der Waals surface area contributed by atoms with Crippen LogP contribution < -0.4 is 21.6 Å². The van der Waals surface area contributed by atoms with Crippen LogP contribution in [0.3, 0.4) is 0 Å². The van der Waals surface area contributed by atoms with Crippen molar-refractivity contribution in [2.24, 2.45) is 19.1 Å². The molecule has 0 aliphatic rings. The number of aromatic hydroxyl groups is 1. The van der Waals surface area contributed by atoms with Gasteiger partial charge in [0.2, 0.25) is 5.43 Å². The Bertz CT molecular complexity index is 1860. The van der Waals surface area contributed by atoms with Crippen LogP contribution in [-0.2, 0) is 26.9 Å². The van der Waals surface area contributed by atoms with Crippen molar-refractivity contribution in [2.45, 2.75) is 25.7 Å². The van der Waals surface area contributed by atoms with Gasteiger partial charge in [0.25, 0.3) is 0 Å². The number of benzene rings is 2. The molecule has 0 saturated heterocycles. The maximum atomic E-state index is 12.8. The molecule has 2 aromatic heterocycles. The molecular formula is C31H29F2N5O4. The number of terminal acetylenes is 1. The molecule has 0 spiro atoms. The number of rotatable bonds is 7. The second-order valence-electron chi connectivity index (χ2n) is 9.22. The summed E-state index contributed by atoms with van der Waals surface area (Å²) in [6, 6.07) is 14.0. The van der Waals surface area contributed by atoms with Gasteiger partial charge in [-0.05, 0) is 48.2 Å². The predicted octanol–water partition coefficient (Wildman–Crippen LogP) is 2.20. The van der Waals surface area contributed by atoms with Gasteiger partial charge in [0, 0.05) is 33.0 Å². The molecule has 2 N–H and O–H groups in total. The maximum Gasteiger partial charge on any atom is 0.230 e. The van der Waals surface area contributed by atoms with Crippen molar-refractivity contribution in [3.63, 3.8) is 0 Å². The zero-order valence-electron chi connectivity index (χ0n) is 23.1. The first-order valence-corrected chi connectivity index (χ1v) is 12.7. The summed E-state index contributed by atoms with van der Waals surface area (Å²) in [5.74, 6) is -1.39. The Morgan fingerprint density at radius 3 is 2.02 bits per heavy atom. The van der Waals surface area contributed by atoms with Crippen molar-refractivity contribution >= 4 is 18.1 Å². The molecule has 4 aromatic rings. The minimum Gasteiger partial charge on any atom is -0.510 e. The van der Waals surface area contributed by atoms with Gasteiger partial charge in [-0.15, -0.1) is 0 Å². The average Bonchev–Trinajstić information content (AvgIpc) is 2.97. The topological polar surface area (TPSA) is 123 Å². The smallest absolute Gasteiger partial charge is 0.230 e. The Balaban J connectivity index is 0.000000231. The van der Waals surface area contributed by atoms with Crippen molar-refractivity contribution in [3.05, 3.63) is 116 Å². The number of hydrogen-bond donors (Lipinski definition) is 2. The fourth-order valence-corrected chi connectivity index (χ4v) is 3.76. The minimum atomic E-state index is -0.383. The Morgan fingerprint density at radius 2 is 1.48 bits per heavy atom. The molecule has 11 heteroatoms. The lowest BCUT2D eigenvalue weighted by Gasteiger charge is -2.06. The molecule has 9 nitrogen and oxygen atoms in total. The molecule has 0 atom stereocenters. The Kier molecular flexibility index (Phi) is 10.6. The lowest BCUT2D eigenvalue weighted by molar-refractivity contribution is 0.0974. The van der Waals surface area contributed by atoms with Gasteiger partial charge in [-0.1, -0.05) is 37.3 Å². The van der Waals surface area contributed by atoms with Gasteiger partial charge in [-0.3, -0.25) is 9.59 Å². The number of aliphatic hydroxyl groups excluding tert-OH is 1. The summed E-state index contributed by atoms with van der Waals surface area (Å²) in [5, 5.41) is 20.3. The van der Waals surface area contributed by atoms with Gasteiger partial charge in [-0.2, -0.15) is 4.99 Å². The van der Waals surface area contributed by atoms with E-state index in [0.717, 1.165) is 11.1 Å². The fraction of sp³-hybridized carbons (Fsp3) is 0.194. The summed E-state index contributed by atoms with van der Waals surface area (Å²) in [6.45, 7) is 3.64. The van der Waals surface area contributed by atoms with E-state index in [1.807, 2.05) is 0 Å². The van der Waals surface area contributed by atoms with Gasteiger partial charge < -0.3 is 19.3 Å². The normalized spacial score (nSPS) is 11.7. The second kappa shape index (κ2) is 14.3. The highest BCUT2D eigenvalue weighted by Crippen LogP contribution is 2.13. The van der Waals surface area contributed by atoms with Gasteiger partial charge in [0.1, 0.15) is 17.4 Å². The molecule has 0 bridgehead atoms. The molecule has 0 saturated carbocycles.